The van der Waals surface area contributed by atoms with Crippen molar-refractivity contribution in [3.05, 3.63) is 23.9 Å². The van der Waals surface area contributed by atoms with Crippen molar-refractivity contribution in [1.29, 1.82) is 0 Å². The first kappa shape index (κ1) is 21.5. The van der Waals surface area contributed by atoms with Crippen molar-refractivity contribution in [3.63, 3.8) is 0 Å². The van der Waals surface area contributed by atoms with E-state index in [0.29, 0.717) is 18.9 Å². The van der Waals surface area contributed by atoms with E-state index in [-0.39, 0.29) is 29.9 Å². The highest BCUT2D eigenvalue weighted by atomic mass is 127. The lowest BCUT2D eigenvalue weighted by molar-refractivity contribution is -0.119. The van der Waals surface area contributed by atoms with Crippen molar-refractivity contribution in [2.75, 3.05) is 39.1 Å². The topological polar surface area (TPSA) is 86.8 Å². The number of nitrogens with zero attached hydrogens (tertiary/aromatic N) is 4. The van der Waals surface area contributed by atoms with Crippen molar-refractivity contribution >= 4 is 41.7 Å². The van der Waals surface area contributed by atoms with Crippen LogP contribution in [0, 0.1) is 5.92 Å². The molecule has 7 nitrogen and oxygen atoms in total. The predicted octanol–water partition coefficient (Wildman–Crippen LogP) is 1.43. The number of hydrogen-bond donors (Lipinski definition) is 2. The van der Waals surface area contributed by atoms with E-state index in [9.17, 15) is 4.79 Å². The van der Waals surface area contributed by atoms with E-state index >= 15 is 0 Å². The van der Waals surface area contributed by atoms with Crippen molar-refractivity contribution < 1.29 is 4.79 Å². The molecule has 1 saturated heterocycles. The van der Waals surface area contributed by atoms with Crippen LogP contribution < -0.4 is 16.0 Å². The molecule has 1 aromatic rings. The largest absolute Gasteiger partial charge is 0.370 e. The smallest absolute Gasteiger partial charge is 0.217 e. The summed E-state index contributed by atoms with van der Waals surface area (Å²) in [6, 6.07) is 4.01. The van der Waals surface area contributed by atoms with Crippen LogP contribution >= 0.6 is 24.0 Å². The minimum Gasteiger partial charge on any atom is -0.370 e. The Morgan fingerprint density at radius 1 is 1.52 bits per heavy atom. The average Bonchev–Trinajstić information content (AvgIpc) is 2.55. The van der Waals surface area contributed by atoms with E-state index < -0.39 is 0 Å². The van der Waals surface area contributed by atoms with Gasteiger partial charge in [-0.25, -0.2) is 4.98 Å². The van der Waals surface area contributed by atoms with Crippen LogP contribution in [0.4, 0.5) is 5.82 Å². The molecule has 0 saturated carbocycles. The van der Waals surface area contributed by atoms with Gasteiger partial charge >= 0.3 is 0 Å². The number of carbonyl (C=O) groups is 1. The zero-order valence-electron chi connectivity index (χ0n) is 15.2. The monoisotopic (exact) mass is 460 g/mol. The molecule has 140 valence electrons. The van der Waals surface area contributed by atoms with Crippen LogP contribution in [0.2, 0.25) is 0 Å². The Morgan fingerprint density at radius 3 is 2.92 bits per heavy atom. The van der Waals surface area contributed by atoms with Gasteiger partial charge in [0.25, 0.3) is 0 Å². The van der Waals surface area contributed by atoms with Crippen LogP contribution in [0.15, 0.2) is 23.3 Å². The Balaban J connectivity index is 0.00000312. The minimum absolute atomic E-state index is 0. The summed E-state index contributed by atoms with van der Waals surface area (Å²) < 4.78 is 0. The lowest BCUT2D eigenvalue weighted by Crippen LogP contribution is -2.47. The lowest BCUT2D eigenvalue weighted by Gasteiger charge is -2.34. The van der Waals surface area contributed by atoms with Crippen molar-refractivity contribution in [2.24, 2.45) is 16.6 Å². The second-order valence-electron chi connectivity index (χ2n) is 6.41. The van der Waals surface area contributed by atoms with Crippen LogP contribution in [0.25, 0.3) is 0 Å². The van der Waals surface area contributed by atoms with Gasteiger partial charge in [0.05, 0.1) is 0 Å². The van der Waals surface area contributed by atoms with Gasteiger partial charge in [-0.15, -0.1) is 24.0 Å². The fourth-order valence-electron chi connectivity index (χ4n) is 3.19. The highest BCUT2D eigenvalue weighted by Gasteiger charge is 2.23. The van der Waals surface area contributed by atoms with E-state index in [1.807, 2.05) is 25.1 Å². The number of carbonyl (C=O) groups excluding carboxylic acids is 1. The van der Waals surface area contributed by atoms with Crippen molar-refractivity contribution in [3.8, 4) is 0 Å². The van der Waals surface area contributed by atoms with Crippen LogP contribution in [0.3, 0.4) is 0 Å². The third kappa shape index (κ3) is 6.33. The number of aliphatic imine (C=N–C) groups is 1. The molecule has 1 aliphatic heterocycles. The normalized spacial score (nSPS) is 17.6. The molecule has 2 rings (SSSR count). The van der Waals surface area contributed by atoms with Gasteiger partial charge in [0.1, 0.15) is 5.82 Å². The molecule has 1 atom stereocenters. The van der Waals surface area contributed by atoms with Crippen LogP contribution in [-0.2, 0) is 11.3 Å². The molecule has 1 unspecified atom stereocenters. The maximum Gasteiger partial charge on any atom is 0.217 e. The minimum atomic E-state index is -0.226. The fourth-order valence-corrected chi connectivity index (χ4v) is 3.19. The Morgan fingerprint density at radius 2 is 2.28 bits per heavy atom. The number of pyridine rings is 1. The summed E-state index contributed by atoms with van der Waals surface area (Å²) in [5, 5.41) is 3.42. The van der Waals surface area contributed by atoms with Gasteiger partial charge in [-0.3, -0.25) is 9.79 Å². The number of nitrogens with two attached hydrogens (primary N) is 1. The number of halogens is 1. The molecule has 1 amide bonds. The summed E-state index contributed by atoms with van der Waals surface area (Å²) in [5.41, 5.74) is 6.46. The second kappa shape index (κ2) is 10.4. The molecular formula is C17H29IN6O. The fraction of sp³-hybridized carbons (Fsp3) is 0.588. The average molecular weight is 460 g/mol. The third-order valence-electron chi connectivity index (χ3n) is 4.25. The molecule has 2 heterocycles. The summed E-state index contributed by atoms with van der Waals surface area (Å²) in [5.74, 6) is 1.89. The van der Waals surface area contributed by atoms with E-state index in [0.717, 1.165) is 43.3 Å². The molecule has 1 fully saturated rings. The molecule has 1 aromatic heterocycles. The molecule has 3 N–H and O–H groups in total. The Bertz CT molecular complexity index is 592. The molecule has 0 aliphatic carbocycles. The number of rotatable bonds is 5. The molecule has 0 radical (unpaired) electrons. The molecule has 0 bridgehead atoms. The summed E-state index contributed by atoms with van der Waals surface area (Å²) in [7, 11) is 5.76. The Labute approximate surface area is 167 Å². The number of anilines is 1. The number of hydrogen-bond acceptors (Lipinski definition) is 4. The maximum absolute atomic E-state index is 11.2. The van der Waals surface area contributed by atoms with Gasteiger partial charge < -0.3 is 20.9 Å². The number of primary amides is 1. The molecule has 0 aromatic carbocycles. The van der Waals surface area contributed by atoms with E-state index in [1.165, 1.54) is 0 Å². The van der Waals surface area contributed by atoms with Gasteiger partial charge in [0.2, 0.25) is 5.91 Å². The van der Waals surface area contributed by atoms with E-state index in [1.54, 1.807) is 13.2 Å². The molecule has 8 heteroatoms. The highest BCUT2D eigenvalue weighted by Crippen LogP contribution is 2.20. The summed E-state index contributed by atoms with van der Waals surface area (Å²) in [6.07, 6.45) is 4.34. The molecule has 25 heavy (non-hydrogen) atoms. The molecular weight excluding hydrogens is 431 g/mol. The summed E-state index contributed by atoms with van der Waals surface area (Å²) in [4.78, 5) is 24.2. The number of piperidine rings is 1. The first-order chi connectivity index (χ1) is 11.5. The number of nitrogens with one attached hydrogen (secondary N) is 1. The molecule has 0 spiro atoms. The van der Waals surface area contributed by atoms with Crippen molar-refractivity contribution in [1.82, 2.24) is 15.2 Å². The van der Waals surface area contributed by atoms with E-state index in [2.05, 4.69) is 26.3 Å². The highest BCUT2D eigenvalue weighted by molar-refractivity contribution is 14.0. The maximum atomic E-state index is 11.2. The van der Waals surface area contributed by atoms with Crippen LogP contribution in [-0.4, -0.2) is 56.0 Å². The van der Waals surface area contributed by atoms with Gasteiger partial charge in [0.15, 0.2) is 5.96 Å². The number of amides is 1. The van der Waals surface area contributed by atoms with Gasteiger partial charge in [0, 0.05) is 59.0 Å². The first-order valence-corrected chi connectivity index (χ1v) is 8.36. The SMILES string of the molecule is CN=C(NCc1cccnc1N(C)C)N1CCCC(CC(N)=O)C1.I. The Hall–Kier alpha value is -1.58. The van der Waals surface area contributed by atoms with Crippen LogP contribution in [0.5, 0.6) is 0 Å². The zero-order chi connectivity index (χ0) is 17.5. The third-order valence-corrected chi connectivity index (χ3v) is 4.25. The van der Waals surface area contributed by atoms with E-state index in [4.69, 9.17) is 5.73 Å². The number of aromatic nitrogens is 1. The number of guanidine groups is 1. The van der Waals surface area contributed by atoms with Crippen LogP contribution in [0.1, 0.15) is 24.8 Å². The van der Waals surface area contributed by atoms with Gasteiger partial charge in [-0.2, -0.15) is 0 Å². The van der Waals surface area contributed by atoms with Gasteiger partial charge in [-0.05, 0) is 24.8 Å². The Kier molecular flexibility index (Phi) is 8.95. The predicted molar refractivity (Wildman–Crippen MR) is 112 cm³/mol. The first-order valence-electron chi connectivity index (χ1n) is 8.36. The standard InChI is InChI=1S/C17H28N6O.HI/c1-19-17(23-9-5-6-13(12-23)10-15(18)24)21-11-14-7-4-8-20-16(14)22(2)3;/h4,7-8,13H,5-6,9-12H2,1-3H3,(H2,18,24)(H,19,21);1H. The summed E-state index contributed by atoms with van der Waals surface area (Å²) in [6.45, 7) is 2.42. The summed E-state index contributed by atoms with van der Waals surface area (Å²) >= 11 is 0. The van der Waals surface area contributed by atoms with Crippen molar-refractivity contribution in [2.45, 2.75) is 25.8 Å². The van der Waals surface area contributed by atoms with Gasteiger partial charge in [-0.1, -0.05) is 6.07 Å². The quantitative estimate of drug-likeness (QED) is 0.395. The zero-order valence-corrected chi connectivity index (χ0v) is 17.6. The second-order valence-corrected chi connectivity index (χ2v) is 6.41. The lowest BCUT2D eigenvalue weighted by atomic mass is 9.95. The number of likely N-dealkylation sites (tertiary alicyclic amines) is 1. The molecule has 1 aliphatic rings.